The highest BCUT2D eigenvalue weighted by atomic mass is 79.9. The van der Waals surface area contributed by atoms with Crippen molar-refractivity contribution in [2.75, 3.05) is 6.61 Å². The van der Waals surface area contributed by atoms with Gasteiger partial charge in [0.25, 0.3) is 9.05 Å². The highest BCUT2D eigenvalue weighted by Crippen LogP contribution is 2.34. The molecule has 1 saturated carbocycles. The number of carbonyl (C=O) groups excluding carboxylic acids is 1. The van der Waals surface area contributed by atoms with E-state index in [9.17, 15) is 13.2 Å². The smallest absolute Gasteiger partial charge is 0.338 e. The van der Waals surface area contributed by atoms with Crippen LogP contribution in [-0.4, -0.2) is 21.0 Å². The van der Waals surface area contributed by atoms with E-state index in [4.69, 9.17) is 27.0 Å². The van der Waals surface area contributed by atoms with Crippen LogP contribution in [0, 0.1) is 5.92 Å². The van der Waals surface area contributed by atoms with Gasteiger partial charge < -0.3 is 4.74 Å². The predicted octanol–water partition coefficient (Wildman–Crippen LogP) is 3.60. The van der Waals surface area contributed by atoms with Crippen LogP contribution in [0.25, 0.3) is 0 Å². The molecule has 19 heavy (non-hydrogen) atoms. The van der Waals surface area contributed by atoms with E-state index in [-0.39, 0.29) is 20.0 Å². The number of halogens is 3. The summed E-state index contributed by atoms with van der Waals surface area (Å²) < 4.78 is 28.0. The molecule has 0 N–H and O–H groups in total. The van der Waals surface area contributed by atoms with Crippen molar-refractivity contribution in [2.45, 2.75) is 17.7 Å². The van der Waals surface area contributed by atoms with Gasteiger partial charge in [0.05, 0.1) is 26.6 Å². The predicted molar refractivity (Wildman–Crippen MR) is 75.2 cm³/mol. The molecule has 8 heteroatoms. The molecule has 1 aliphatic carbocycles. The Labute approximate surface area is 128 Å². The average Bonchev–Trinajstić information content (AvgIpc) is 3.11. The van der Waals surface area contributed by atoms with Crippen molar-refractivity contribution in [1.29, 1.82) is 0 Å². The largest absolute Gasteiger partial charge is 0.462 e. The summed E-state index contributed by atoms with van der Waals surface area (Å²) >= 11 is 8.89. The van der Waals surface area contributed by atoms with Crippen molar-refractivity contribution < 1.29 is 17.9 Å². The minimum Gasteiger partial charge on any atom is -0.462 e. The Hall–Kier alpha value is -0.300. The van der Waals surface area contributed by atoms with Gasteiger partial charge in [0, 0.05) is 10.7 Å². The zero-order valence-corrected chi connectivity index (χ0v) is 13.4. The fourth-order valence-corrected chi connectivity index (χ4v) is 3.80. The molecule has 0 spiro atoms. The fraction of sp³-hybridized carbons (Fsp3) is 0.364. The summed E-state index contributed by atoms with van der Waals surface area (Å²) in [4.78, 5) is 11.5. The number of hydrogen-bond acceptors (Lipinski definition) is 4. The fourth-order valence-electron chi connectivity index (χ4n) is 1.42. The molecule has 1 aromatic rings. The highest BCUT2D eigenvalue weighted by molar-refractivity contribution is 9.10. The normalized spacial score (nSPS) is 15.3. The van der Waals surface area contributed by atoms with Crippen LogP contribution in [0.2, 0.25) is 5.02 Å². The van der Waals surface area contributed by atoms with E-state index in [0.29, 0.717) is 12.5 Å². The van der Waals surface area contributed by atoms with Gasteiger partial charge in [-0.15, -0.1) is 0 Å². The first kappa shape index (κ1) is 15.1. The van der Waals surface area contributed by atoms with Crippen molar-refractivity contribution in [3.8, 4) is 0 Å². The topological polar surface area (TPSA) is 60.4 Å². The molecule has 0 aliphatic heterocycles. The Morgan fingerprint density at radius 2 is 2.05 bits per heavy atom. The third-order valence-electron chi connectivity index (χ3n) is 2.64. The number of esters is 1. The minimum atomic E-state index is -4.00. The van der Waals surface area contributed by atoms with E-state index in [1.54, 1.807) is 0 Å². The number of rotatable bonds is 4. The van der Waals surface area contributed by atoms with Gasteiger partial charge in [-0.05, 0) is 46.8 Å². The Kier molecular flexibility index (Phi) is 4.45. The van der Waals surface area contributed by atoms with Crippen molar-refractivity contribution >= 4 is 53.2 Å². The third kappa shape index (κ3) is 3.84. The molecular formula is C11H9BrCl2O4S. The van der Waals surface area contributed by atoms with Gasteiger partial charge in [0.15, 0.2) is 0 Å². The second-order valence-corrected chi connectivity index (χ2v) is 7.98. The lowest BCUT2D eigenvalue weighted by Gasteiger charge is -2.08. The number of benzene rings is 1. The maximum absolute atomic E-state index is 11.8. The minimum absolute atomic E-state index is 0.0630. The quantitative estimate of drug-likeness (QED) is 0.585. The van der Waals surface area contributed by atoms with Gasteiger partial charge in [-0.1, -0.05) is 11.6 Å². The zero-order chi connectivity index (χ0) is 14.2. The van der Waals surface area contributed by atoms with Crippen molar-refractivity contribution in [1.82, 2.24) is 0 Å². The van der Waals surface area contributed by atoms with Crippen LogP contribution in [0.4, 0.5) is 0 Å². The van der Waals surface area contributed by atoms with Crippen molar-refractivity contribution in [3.05, 3.63) is 27.2 Å². The molecule has 2 rings (SSSR count). The summed E-state index contributed by atoms with van der Waals surface area (Å²) in [5.74, 6) is -0.186. The molecule has 1 aromatic carbocycles. The molecular weight excluding hydrogens is 379 g/mol. The summed E-state index contributed by atoms with van der Waals surface area (Å²) in [5.41, 5.74) is 0.0630. The van der Waals surface area contributed by atoms with Crippen LogP contribution in [0.15, 0.2) is 21.5 Å². The first-order valence-corrected chi connectivity index (χ1v) is 8.88. The summed E-state index contributed by atoms with van der Waals surface area (Å²) in [6.07, 6.45) is 2.10. The van der Waals surface area contributed by atoms with Crippen LogP contribution < -0.4 is 0 Å². The van der Waals surface area contributed by atoms with Gasteiger partial charge in [-0.3, -0.25) is 0 Å². The molecule has 1 fully saturated rings. The number of ether oxygens (including phenoxy) is 1. The Morgan fingerprint density at radius 3 is 2.58 bits per heavy atom. The molecule has 0 atom stereocenters. The molecule has 1 aliphatic rings. The lowest BCUT2D eigenvalue weighted by molar-refractivity contribution is 0.0486. The highest BCUT2D eigenvalue weighted by Gasteiger charge is 2.25. The van der Waals surface area contributed by atoms with E-state index in [0.717, 1.165) is 18.9 Å². The van der Waals surface area contributed by atoms with Crippen molar-refractivity contribution in [2.24, 2.45) is 5.92 Å². The van der Waals surface area contributed by atoms with Crippen LogP contribution in [-0.2, 0) is 13.8 Å². The molecule has 0 radical (unpaired) electrons. The van der Waals surface area contributed by atoms with Gasteiger partial charge in [-0.25, -0.2) is 13.2 Å². The molecule has 0 heterocycles. The van der Waals surface area contributed by atoms with Crippen molar-refractivity contribution in [3.63, 3.8) is 0 Å². The zero-order valence-electron chi connectivity index (χ0n) is 9.53. The molecule has 0 bridgehead atoms. The number of hydrogen-bond donors (Lipinski definition) is 0. The summed E-state index contributed by atoms with van der Waals surface area (Å²) in [7, 11) is 1.28. The first-order chi connectivity index (χ1) is 8.79. The monoisotopic (exact) mass is 386 g/mol. The van der Waals surface area contributed by atoms with E-state index in [1.807, 2.05) is 0 Å². The second kappa shape index (κ2) is 5.60. The van der Waals surface area contributed by atoms with Crippen LogP contribution >= 0.6 is 38.2 Å². The Morgan fingerprint density at radius 1 is 1.42 bits per heavy atom. The molecule has 0 unspecified atom stereocenters. The van der Waals surface area contributed by atoms with Gasteiger partial charge in [0.2, 0.25) is 0 Å². The molecule has 104 valence electrons. The third-order valence-corrected chi connectivity index (χ3v) is 5.63. The lowest BCUT2D eigenvalue weighted by atomic mass is 10.2. The molecule has 0 saturated heterocycles. The maximum Gasteiger partial charge on any atom is 0.338 e. The number of carbonyl (C=O) groups is 1. The lowest BCUT2D eigenvalue weighted by Crippen LogP contribution is -2.09. The van der Waals surface area contributed by atoms with E-state index in [1.165, 1.54) is 6.07 Å². The summed E-state index contributed by atoms with van der Waals surface area (Å²) in [6, 6.07) is 2.49. The molecule has 0 aromatic heterocycles. The van der Waals surface area contributed by atoms with E-state index < -0.39 is 15.0 Å². The van der Waals surface area contributed by atoms with Gasteiger partial charge >= 0.3 is 5.97 Å². The van der Waals surface area contributed by atoms with Crippen LogP contribution in [0.1, 0.15) is 23.2 Å². The maximum atomic E-state index is 11.8. The SMILES string of the molecule is O=C(OCC1CC1)c1cc(Cl)c(Br)c(S(=O)(=O)Cl)c1. The Bertz CT molecular complexity index is 626. The average molecular weight is 388 g/mol. The first-order valence-electron chi connectivity index (χ1n) is 5.40. The van der Waals surface area contributed by atoms with Gasteiger partial charge in [0.1, 0.15) is 0 Å². The Balaban J connectivity index is 2.30. The van der Waals surface area contributed by atoms with Crippen LogP contribution in [0.5, 0.6) is 0 Å². The van der Waals surface area contributed by atoms with E-state index in [2.05, 4.69) is 15.9 Å². The molecule has 4 nitrogen and oxygen atoms in total. The standard InChI is InChI=1S/C11H9BrCl2O4S/c12-10-8(13)3-7(4-9(10)19(14,16)17)11(15)18-5-6-1-2-6/h3-4,6H,1-2,5H2. The summed E-state index contributed by atoms with van der Waals surface area (Å²) in [5, 5.41) is 0.0834. The second-order valence-electron chi connectivity index (χ2n) is 4.25. The summed E-state index contributed by atoms with van der Waals surface area (Å²) in [6.45, 7) is 0.343. The van der Waals surface area contributed by atoms with Crippen LogP contribution in [0.3, 0.4) is 0 Å². The molecule has 0 amide bonds. The van der Waals surface area contributed by atoms with E-state index >= 15 is 0 Å². The van der Waals surface area contributed by atoms with Gasteiger partial charge in [-0.2, -0.15) is 0 Å².